The van der Waals surface area contributed by atoms with E-state index in [2.05, 4.69) is 15.6 Å². The van der Waals surface area contributed by atoms with Gasteiger partial charge in [-0.05, 0) is 42.5 Å². The molecule has 8 heteroatoms. The third kappa shape index (κ3) is 4.60. The van der Waals surface area contributed by atoms with Crippen LogP contribution in [0.2, 0.25) is 0 Å². The summed E-state index contributed by atoms with van der Waals surface area (Å²) in [4.78, 5) is 16.1. The molecule has 4 nitrogen and oxygen atoms in total. The minimum atomic E-state index is -4.50. The van der Waals surface area contributed by atoms with Crippen LogP contribution in [0.25, 0.3) is 0 Å². The number of pyridine rings is 1. The van der Waals surface area contributed by atoms with Gasteiger partial charge in [0.15, 0.2) is 0 Å². The predicted molar refractivity (Wildman–Crippen MR) is 93.3 cm³/mol. The number of para-hydroxylation sites is 1. The molecule has 1 heterocycles. The van der Waals surface area contributed by atoms with Crippen molar-refractivity contribution in [2.24, 2.45) is 0 Å². The third-order valence-corrected chi connectivity index (χ3v) is 3.60. The minimum absolute atomic E-state index is 0.00480. The predicted octanol–water partition coefficient (Wildman–Crippen LogP) is 5.24. The maximum atomic E-state index is 13.6. The summed E-state index contributed by atoms with van der Waals surface area (Å²) in [5.74, 6) is -1.10. The molecule has 0 saturated heterocycles. The molecular weight excluding hydrogens is 362 g/mol. The summed E-state index contributed by atoms with van der Waals surface area (Å²) in [6.07, 6.45) is -3.17. The molecule has 2 aromatic carbocycles. The molecule has 0 aliphatic heterocycles. The molecule has 3 aromatic rings. The molecule has 1 aromatic heterocycles. The smallest absolute Gasteiger partial charge is 0.352 e. The first-order valence-corrected chi connectivity index (χ1v) is 7.79. The number of carbonyl (C=O) groups is 1. The first-order chi connectivity index (χ1) is 12.8. The van der Waals surface area contributed by atoms with Gasteiger partial charge in [0.05, 0.1) is 23.1 Å². The maximum Gasteiger partial charge on any atom is 0.416 e. The first-order valence-electron chi connectivity index (χ1n) is 7.79. The summed E-state index contributed by atoms with van der Waals surface area (Å²) in [5, 5.41) is 5.19. The highest BCUT2D eigenvalue weighted by molar-refractivity contribution is 6.03. The van der Waals surface area contributed by atoms with Crippen LogP contribution in [0.3, 0.4) is 0 Å². The van der Waals surface area contributed by atoms with Crippen molar-refractivity contribution in [2.75, 3.05) is 10.6 Å². The molecule has 0 unspecified atom stereocenters. The van der Waals surface area contributed by atoms with Crippen LogP contribution < -0.4 is 10.6 Å². The SMILES string of the molecule is O=C(Nc1cccc(C(F)(F)F)c1)c1ccc(Nc2ccccc2F)cn1. The standard InChI is InChI=1S/C19H13F4N3O/c20-15-6-1-2-7-16(15)25-14-8-9-17(24-11-14)18(27)26-13-5-3-4-12(10-13)19(21,22)23/h1-11,25H,(H,26,27). The Morgan fingerprint density at radius 1 is 0.926 bits per heavy atom. The van der Waals surface area contributed by atoms with Gasteiger partial charge < -0.3 is 10.6 Å². The van der Waals surface area contributed by atoms with Gasteiger partial charge in [0.2, 0.25) is 0 Å². The zero-order valence-corrected chi connectivity index (χ0v) is 13.7. The van der Waals surface area contributed by atoms with Crippen molar-refractivity contribution < 1.29 is 22.4 Å². The van der Waals surface area contributed by atoms with E-state index in [9.17, 15) is 22.4 Å². The second-order valence-electron chi connectivity index (χ2n) is 5.57. The average molecular weight is 375 g/mol. The number of alkyl halides is 3. The van der Waals surface area contributed by atoms with Gasteiger partial charge in [-0.2, -0.15) is 13.2 Å². The lowest BCUT2D eigenvalue weighted by molar-refractivity contribution is -0.137. The lowest BCUT2D eigenvalue weighted by atomic mass is 10.2. The fourth-order valence-corrected chi connectivity index (χ4v) is 2.29. The highest BCUT2D eigenvalue weighted by Gasteiger charge is 2.30. The van der Waals surface area contributed by atoms with Crippen LogP contribution in [-0.4, -0.2) is 10.9 Å². The van der Waals surface area contributed by atoms with Crippen molar-refractivity contribution in [3.05, 3.63) is 83.9 Å². The molecule has 3 rings (SSSR count). The molecule has 0 aliphatic rings. The number of amides is 1. The van der Waals surface area contributed by atoms with Crippen molar-refractivity contribution in [1.82, 2.24) is 4.98 Å². The van der Waals surface area contributed by atoms with E-state index in [1.807, 2.05) is 0 Å². The number of hydrogen-bond acceptors (Lipinski definition) is 3. The van der Waals surface area contributed by atoms with Gasteiger partial charge in [-0.1, -0.05) is 18.2 Å². The molecule has 0 atom stereocenters. The van der Waals surface area contributed by atoms with Crippen molar-refractivity contribution in [3.63, 3.8) is 0 Å². The van der Waals surface area contributed by atoms with Crippen molar-refractivity contribution >= 4 is 23.0 Å². The van der Waals surface area contributed by atoms with Gasteiger partial charge in [0, 0.05) is 5.69 Å². The lowest BCUT2D eigenvalue weighted by Gasteiger charge is -2.10. The van der Waals surface area contributed by atoms with Crippen LogP contribution in [0.5, 0.6) is 0 Å². The number of rotatable bonds is 4. The molecule has 138 valence electrons. The third-order valence-electron chi connectivity index (χ3n) is 3.60. The first kappa shape index (κ1) is 18.4. The molecular formula is C19H13F4N3O. The van der Waals surface area contributed by atoms with Crippen molar-refractivity contribution in [3.8, 4) is 0 Å². The zero-order chi connectivity index (χ0) is 19.4. The summed E-state index contributed by atoms with van der Waals surface area (Å²) < 4.78 is 51.8. The fraction of sp³-hybridized carbons (Fsp3) is 0.0526. The van der Waals surface area contributed by atoms with E-state index < -0.39 is 23.5 Å². The summed E-state index contributed by atoms with van der Waals surface area (Å²) in [5.41, 5.74) is -0.148. The number of benzene rings is 2. The second-order valence-corrected chi connectivity index (χ2v) is 5.57. The Morgan fingerprint density at radius 3 is 2.37 bits per heavy atom. The van der Waals surface area contributed by atoms with Gasteiger partial charge in [-0.25, -0.2) is 9.37 Å². The average Bonchev–Trinajstić information content (AvgIpc) is 2.64. The van der Waals surface area contributed by atoms with E-state index in [1.54, 1.807) is 18.2 Å². The van der Waals surface area contributed by atoms with Gasteiger partial charge in [-0.15, -0.1) is 0 Å². The fourth-order valence-electron chi connectivity index (χ4n) is 2.29. The summed E-state index contributed by atoms with van der Waals surface area (Å²) in [6, 6.07) is 13.3. The highest BCUT2D eigenvalue weighted by atomic mass is 19.4. The van der Waals surface area contributed by atoms with Crippen LogP contribution in [0.15, 0.2) is 66.9 Å². The van der Waals surface area contributed by atoms with E-state index in [0.717, 1.165) is 12.1 Å². The summed E-state index contributed by atoms with van der Waals surface area (Å²) in [7, 11) is 0. The van der Waals surface area contributed by atoms with E-state index in [-0.39, 0.29) is 17.1 Å². The van der Waals surface area contributed by atoms with Crippen LogP contribution in [0, 0.1) is 5.82 Å². The minimum Gasteiger partial charge on any atom is -0.352 e. The van der Waals surface area contributed by atoms with Crippen LogP contribution in [0.1, 0.15) is 16.1 Å². The van der Waals surface area contributed by atoms with E-state index in [0.29, 0.717) is 5.69 Å². The number of anilines is 3. The maximum absolute atomic E-state index is 13.6. The largest absolute Gasteiger partial charge is 0.416 e. The summed E-state index contributed by atoms with van der Waals surface area (Å²) in [6.45, 7) is 0. The lowest BCUT2D eigenvalue weighted by Crippen LogP contribution is -2.14. The Morgan fingerprint density at radius 2 is 1.70 bits per heavy atom. The van der Waals surface area contributed by atoms with Gasteiger partial charge in [0.1, 0.15) is 11.5 Å². The normalized spacial score (nSPS) is 11.1. The molecule has 0 spiro atoms. The topological polar surface area (TPSA) is 54.0 Å². The molecule has 2 N–H and O–H groups in total. The van der Waals surface area contributed by atoms with E-state index >= 15 is 0 Å². The molecule has 27 heavy (non-hydrogen) atoms. The van der Waals surface area contributed by atoms with Crippen LogP contribution in [0.4, 0.5) is 34.6 Å². The molecule has 0 bridgehead atoms. The Kier molecular flexibility index (Phi) is 5.07. The van der Waals surface area contributed by atoms with Crippen molar-refractivity contribution in [1.29, 1.82) is 0 Å². The number of nitrogens with one attached hydrogen (secondary N) is 2. The molecule has 0 aliphatic carbocycles. The molecule has 0 saturated carbocycles. The Hall–Kier alpha value is -3.42. The number of aromatic nitrogens is 1. The summed E-state index contributed by atoms with van der Waals surface area (Å²) >= 11 is 0. The van der Waals surface area contributed by atoms with Gasteiger partial charge in [-0.3, -0.25) is 4.79 Å². The number of carbonyl (C=O) groups excluding carboxylic acids is 1. The van der Waals surface area contributed by atoms with Gasteiger partial charge in [0.25, 0.3) is 5.91 Å². The molecule has 1 amide bonds. The quantitative estimate of drug-likeness (QED) is 0.614. The Bertz CT molecular complexity index is 956. The van der Waals surface area contributed by atoms with E-state index in [4.69, 9.17) is 0 Å². The number of hydrogen-bond donors (Lipinski definition) is 2. The monoisotopic (exact) mass is 375 g/mol. The van der Waals surface area contributed by atoms with Crippen LogP contribution >= 0.6 is 0 Å². The van der Waals surface area contributed by atoms with Crippen molar-refractivity contribution in [2.45, 2.75) is 6.18 Å². The van der Waals surface area contributed by atoms with E-state index in [1.165, 1.54) is 36.5 Å². The zero-order valence-electron chi connectivity index (χ0n) is 13.7. The highest BCUT2D eigenvalue weighted by Crippen LogP contribution is 2.30. The molecule has 0 fully saturated rings. The van der Waals surface area contributed by atoms with Gasteiger partial charge >= 0.3 is 6.18 Å². The molecule has 0 radical (unpaired) electrons. The Balaban J connectivity index is 1.70. The second kappa shape index (κ2) is 7.45. The Labute approximate surface area is 151 Å². The number of nitrogens with zero attached hydrogens (tertiary/aromatic N) is 1. The number of halogens is 4. The van der Waals surface area contributed by atoms with Crippen LogP contribution in [-0.2, 0) is 6.18 Å².